The van der Waals surface area contributed by atoms with E-state index in [9.17, 15) is 9.59 Å². The van der Waals surface area contributed by atoms with E-state index in [0.29, 0.717) is 31.6 Å². The van der Waals surface area contributed by atoms with Crippen LogP contribution in [0.25, 0.3) is 11.0 Å². The molecule has 1 amide bonds. The molecule has 0 bridgehead atoms. The summed E-state index contributed by atoms with van der Waals surface area (Å²) in [6.07, 6.45) is 0. The summed E-state index contributed by atoms with van der Waals surface area (Å²) in [6, 6.07) is 7.51. The lowest BCUT2D eigenvalue weighted by atomic mass is 9.99. The fourth-order valence-electron chi connectivity index (χ4n) is 2.97. The second-order valence-corrected chi connectivity index (χ2v) is 7.07. The predicted molar refractivity (Wildman–Crippen MR) is 98.0 cm³/mol. The van der Waals surface area contributed by atoms with Crippen molar-refractivity contribution in [2.75, 3.05) is 0 Å². The van der Waals surface area contributed by atoms with E-state index in [0.717, 1.165) is 5.56 Å². The lowest BCUT2D eigenvalue weighted by molar-refractivity contribution is 0.0938. The van der Waals surface area contributed by atoms with Crippen molar-refractivity contribution in [2.45, 2.75) is 13.0 Å². The van der Waals surface area contributed by atoms with E-state index in [1.165, 1.54) is 0 Å². The van der Waals surface area contributed by atoms with Gasteiger partial charge in [0.2, 0.25) is 5.76 Å². The van der Waals surface area contributed by atoms with Gasteiger partial charge in [0.05, 0.1) is 27.0 Å². The minimum Gasteiger partial charge on any atom is -0.450 e. The molecule has 0 fully saturated rings. The SMILES string of the molecule is Cc1cc2oc3c(c(=O)c2cc1Cl)C(c1ccc(Cl)c(Cl)c1)NC3=O. The minimum atomic E-state index is -0.655. The van der Waals surface area contributed by atoms with E-state index in [4.69, 9.17) is 39.2 Å². The Labute approximate surface area is 157 Å². The van der Waals surface area contributed by atoms with Crippen LogP contribution >= 0.6 is 34.8 Å². The molecule has 3 aromatic rings. The first-order chi connectivity index (χ1) is 11.9. The predicted octanol–water partition coefficient (Wildman–Crippen LogP) is 4.89. The number of halogens is 3. The Morgan fingerprint density at radius 2 is 1.76 bits per heavy atom. The van der Waals surface area contributed by atoms with E-state index >= 15 is 0 Å². The second-order valence-electron chi connectivity index (χ2n) is 5.85. The highest BCUT2D eigenvalue weighted by Crippen LogP contribution is 2.34. The summed E-state index contributed by atoms with van der Waals surface area (Å²) in [4.78, 5) is 25.3. The molecule has 0 spiro atoms. The summed E-state index contributed by atoms with van der Waals surface area (Å²) in [5, 5.41) is 4.28. The Kier molecular flexibility index (Phi) is 3.80. The Morgan fingerprint density at radius 1 is 1.00 bits per heavy atom. The van der Waals surface area contributed by atoms with Crippen LogP contribution in [0.1, 0.15) is 33.3 Å². The van der Waals surface area contributed by atoms with E-state index in [2.05, 4.69) is 5.32 Å². The number of amides is 1. The summed E-state index contributed by atoms with van der Waals surface area (Å²) >= 11 is 18.1. The van der Waals surface area contributed by atoms with Gasteiger partial charge < -0.3 is 9.73 Å². The summed E-state index contributed by atoms with van der Waals surface area (Å²) in [7, 11) is 0. The standard InChI is InChI=1S/C18H10Cl3NO3/c1-7-4-13-9(6-11(7)20)16(23)14-15(22-18(24)17(14)25-13)8-2-3-10(19)12(21)5-8/h2-6,15H,1H3,(H,22,24). The van der Waals surface area contributed by atoms with Crippen LogP contribution in [0.3, 0.4) is 0 Å². The van der Waals surface area contributed by atoms with Crippen molar-refractivity contribution in [1.29, 1.82) is 0 Å². The number of carbonyl (C=O) groups is 1. The molecule has 7 heteroatoms. The zero-order valence-electron chi connectivity index (χ0n) is 12.8. The Morgan fingerprint density at radius 3 is 2.48 bits per heavy atom. The molecular formula is C18H10Cl3NO3. The molecule has 1 atom stereocenters. The topological polar surface area (TPSA) is 59.3 Å². The van der Waals surface area contributed by atoms with Crippen LogP contribution in [-0.4, -0.2) is 5.91 Å². The van der Waals surface area contributed by atoms with Gasteiger partial charge in [0.25, 0.3) is 5.91 Å². The number of hydrogen-bond donors (Lipinski definition) is 1. The van der Waals surface area contributed by atoms with E-state index < -0.39 is 11.9 Å². The van der Waals surface area contributed by atoms with Crippen molar-refractivity contribution in [3.05, 3.63) is 78.1 Å². The first-order valence-corrected chi connectivity index (χ1v) is 8.53. The zero-order chi connectivity index (χ0) is 17.9. The largest absolute Gasteiger partial charge is 0.450 e. The van der Waals surface area contributed by atoms with Gasteiger partial charge in [0.15, 0.2) is 5.43 Å². The highest BCUT2D eigenvalue weighted by molar-refractivity contribution is 6.42. The highest BCUT2D eigenvalue weighted by Gasteiger charge is 2.36. The molecule has 4 nitrogen and oxygen atoms in total. The minimum absolute atomic E-state index is 0.00953. The van der Waals surface area contributed by atoms with Crippen molar-refractivity contribution in [3.8, 4) is 0 Å². The maximum Gasteiger partial charge on any atom is 0.288 e. The Balaban J connectivity index is 1.99. The molecule has 1 aromatic heterocycles. The molecule has 0 aliphatic carbocycles. The van der Waals surface area contributed by atoms with Crippen LogP contribution in [-0.2, 0) is 0 Å². The van der Waals surface area contributed by atoms with E-state index in [-0.39, 0.29) is 16.8 Å². The van der Waals surface area contributed by atoms with Crippen LogP contribution in [0.4, 0.5) is 0 Å². The number of fused-ring (bicyclic) bond motifs is 2. The lowest BCUT2D eigenvalue weighted by Gasteiger charge is -2.12. The molecule has 0 saturated heterocycles. The molecule has 25 heavy (non-hydrogen) atoms. The monoisotopic (exact) mass is 393 g/mol. The molecule has 2 heterocycles. The van der Waals surface area contributed by atoms with Gasteiger partial charge in [-0.25, -0.2) is 0 Å². The third-order valence-corrected chi connectivity index (χ3v) is 5.40. The molecule has 1 aliphatic heterocycles. The first-order valence-electron chi connectivity index (χ1n) is 7.39. The summed E-state index contributed by atoms with van der Waals surface area (Å²) < 4.78 is 5.71. The first kappa shape index (κ1) is 16.5. The molecule has 2 aromatic carbocycles. The van der Waals surface area contributed by atoms with Crippen LogP contribution in [0, 0.1) is 6.92 Å². The molecule has 1 unspecified atom stereocenters. The summed E-state index contributed by atoms with van der Waals surface area (Å²) in [5.74, 6) is -0.437. The molecule has 126 valence electrons. The summed E-state index contributed by atoms with van der Waals surface area (Å²) in [6.45, 7) is 1.80. The maximum absolute atomic E-state index is 13.0. The van der Waals surface area contributed by atoms with Crippen molar-refractivity contribution >= 4 is 51.7 Å². The number of nitrogens with one attached hydrogen (secondary N) is 1. The smallest absolute Gasteiger partial charge is 0.288 e. The van der Waals surface area contributed by atoms with Crippen molar-refractivity contribution in [3.63, 3.8) is 0 Å². The number of aryl methyl sites for hydroxylation is 1. The number of carbonyl (C=O) groups excluding carboxylic acids is 1. The third kappa shape index (κ3) is 2.53. The van der Waals surface area contributed by atoms with E-state index in [1.54, 1.807) is 37.3 Å². The average Bonchev–Trinajstić information content (AvgIpc) is 2.89. The van der Waals surface area contributed by atoms with Gasteiger partial charge in [-0.2, -0.15) is 0 Å². The highest BCUT2D eigenvalue weighted by atomic mass is 35.5. The molecule has 4 rings (SSSR count). The van der Waals surface area contributed by atoms with Crippen LogP contribution in [0.15, 0.2) is 39.5 Å². The lowest BCUT2D eigenvalue weighted by Crippen LogP contribution is -2.21. The van der Waals surface area contributed by atoms with Gasteiger partial charge in [-0.3, -0.25) is 9.59 Å². The van der Waals surface area contributed by atoms with Crippen LogP contribution in [0.2, 0.25) is 15.1 Å². The van der Waals surface area contributed by atoms with Crippen molar-refractivity contribution < 1.29 is 9.21 Å². The van der Waals surface area contributed by atoms with Crippen molar-refractivity contribution in [1.82, 2.24) is 5.32 Å². The number of benzene rings is 2. The summed E-state index contributed by atoms with van der Waals surface area (Å²) in [5.41, 5.74) is 1.68. The van der Waals surface area contributed by atoms with Gasteiger partial charge in [0.1, 0.15) is 5.58 Å². The maximum atomic E-state index is 13.0. The molecule has 0 radical (unpaired) electrons. The van der Waals surface area contributed by atoms with Crippen LogP contribution in [0.5, 0.6) is 0 Å². The quantitative estimate of drug-likeness (QED) is 0.639. The Bertz CT molecular complexity index is 1120. The van der Waals surface area contributed by atoms with Crippen LogP contribution < -0.4 is 10.7 Å². The average molecular weight is 395 g/mol. The number of rotatable bonds is 1. The van der Waals surface area contributed by atoms with Gasteiger partial charge in [-0.15, -0.1) is 0 Å². The molecule has 1 aliphatic rings. The normalized spacial score (nSPS) is 16.2. The molecule has 1 N–H and O–H groups in total. The van der Waals surface area contributed by atoms with Gasteiger partial charge in [0, 0.05) is 5.02 Å². The zero-order valence-corrected chi connectivity index (χ0v) is 15.1. The van der Waals surface area contributed by atoms with Crippen molar-refractivity contribution in [2.24, 2.45) is 0 Å². The van der Waals surface area contributed by atoms with Gasteiger partial charge >= 0.3 is 0 Å². The molecular weight excluding hydrogens is 385 g/mol. The van der Waals surface area contributed by atoms with Gasteiger partial charge in [-0.05, 0) is 42.3 Å². The van der Waals surface area contributed by atoms with E-state index in [1.807, 2.05) is 0 Å². The fourth-order valence-corrected chi connectivity index (χ4v) is 3.44. The fraction of sp³-hybridized carbons (Fsp3) is 0.111. The third-order valence-electron chi connectivity index (χ3n) is 4.25. The van der Waals surface area contributed by atoms with Gasteiger partial charge in [-0.1, -0.05) is 40.9 Å². The molecule has 0 saturated carbocycles. The second kappa shape index (κ2) is 5.77. The Hall–Kier alpha value is -2.01. The number of hydrogen-bond acceptors (Lipinski definition) is 3.